The van der Waals surface area contributed by atoms with Crippen LogP contribution in [0.4, 0.5) is 11.4 Å². The van der Waals surface area contributed by atoms with Crippen LogP contribution < -0.4 is 15.8 Å². The SMILES string of the molecule is Cc1ccc(OCC(=O)Nc2ccc(Cl)cc2N)c(Br)c1. The standard InChI is InChI=1S/C15H14BrClN2O2/c1-9-2-5-14(11(16)6-9)21-8-15(20)19-13-4-3-10(17)7-12(13)18/h2-7H,8,18H2,1H3,(H,19,20). The number of anilines is 2. The maximum atomic E-state index is 11.9. The summed E-state index contributed by atoms with van der Waals surface area (Å²) < 4.78 is 6.27. The summed E-state index contributed by atoms with van der Waals surface area (Å²) >= 11 is 9.19. The summed E-state index contributed by atoms with van der Waals surface area (Å²) in [6.45, 7) is 1.87. The van der Waals surface area contributed by atoms with E-state index in [0.717, 1.165) is 10.0 Å². The second-order valence-electron chi connectivity index (χ2n) is 4.50. The number of benzene rings is 2. The van der Waals surface area contributed by atoms with Gasteiger partial charge in [0.05, 0.1) is 15.8 Å². The van der Waals surface area contributed by atoms with Crippen LogP contribution in [0.3, 0.4) is 0 Å². The van der Waals surface area contributed by atoms with Gasteiger partial charge in [0.15, 0.2) is 6.61 Å². The quantitative estimate of drug-likeness (QED) is 0.800. The van der Waals surface area contributed by atoms with E-state index < -0.39 is 0 Å². The molecule has 4 nitrogen and oxygen atoms in total. The number of hydrogen-bond acceptors (Lipinski definition) is 3. The van der Waals surface area contributed by atoms with E-state index in [1.54, 1.807) is 18.2 Å². The molecule has 2 aromatic carbocycles. The first kappa shape index (κ1) is 15.7. The van der Waals surface area contributed by atoms with Crippen LogP contribution in [0.1, 0.15) is 5.56 Å². The molecule has 2 rings (SSSR count). The van der Waals surface area contributed by atoms with Gasteiger partial charge in [-0.25, -0.2) is 0 Å². The van der Waals surface area contributed by atoms with Gasteiger partial charge in [0, 0.05) is 5.02 Å². The third-order valence-electron chi connectivity index (χ3n) is 2.73. The van der Waals surface area contributed by atoms with Crippen molar-refractivity contribution in [3.8, 4) is 5.75 Å². The summed E-state index contributed by atoms with van der Waals surface area (Å²) in [5.74, 6) is 0.316. The Bertz CT molecular complexity index is 677. The largest absolute Gasteiger partial charge is 0.483 e. The molecule has 1 amide bonds. The minimum atomic E-state index is -0.295. The van der Waals surface area contributed by atoms with Crippen molar-refractivity contribution in [1.82, 2.24) is 0 Å². The molecule has 0 spiro atoms. The van der Waals surface area contributed by atoms with Crippen LogP contribution >= 0.6 is 27.5 Å². The predicted molar refractivity (Wildman–Crippen MR) is 88.9 cm³/mol. The molecule has 0 fully saturated rings. The van der Waals surface area contributed by atoms with Gasteiger partial charge in [-0.15, -0.1) is 0 Å². The van der Waals surface area contributed by atoms with Gasteiger partial charge in [0.1, 0.15) is 5.75 Å². The van der Waals surface area contributed by atoms with Crippen LogP contribution in [0.25, 0.3) is 0 Å². The van der Waals surface area contributed by atoms with Crippen molar-refractivity contribution in [2.75, 3.05) is 17.7 Å². The highest BCUT2D eigenvalue weighted by Crippen LogP contribution is 2.26. The Balaban J connectivity index is 1.96. The van der Waals surface area contributed by atoms with Crippen molar-refractivity contribution in [2.24, 2.45) is 0 Å². The summed E-state index contributed by atoms with van der Waals surface area (Å²) in [4.78, 5) is 11.9. The Morgan fingerprint density at radius 3 is 2.76 bits per heavy atom. The first-order valence-corrected chi connectivity index (χ1v) is 7.36. The predicted octanol–water partition coefficient (Wildman–Crippen LogP) is 4.01. The van der Waals surface area contributed by atoms with Crippen LogP contribution in [0.15, 0.2) is 40.9 Å². The molecule has 3 N–H and O–H groups in total. The zero-order valence-electron chi connectivity index (χ0n) is 11.3. The monoisotopic (exact) mass is 368 g/mol. The lowest BCUT2D eigenvalue weighted by Crippen LogP contribution is -2.20. The van der Waals surface area contributed by atoms with E-state index in [2.05, 4.69) is 21.2 Å². The Hall–Kier alpha value is -1.72. The lowest BCUT2D eigenvalue weighted by Gasteiger charge is -2.11. The highest BCUT2D eigenvalue weighted by Gasteiger charge is 2.08. The smallest absolute Gasteiger partial charge is 0.262 e. The third-order valence-corrected chi connectivity index (χ3v) is 3.59. The molecule has 2 aromatic rings. The number of ether oxygens (including phenoxy) is 1. The molecule has 21 heavy (non-hydrogen) atoms. The highest BCUT2D eigenvalue weighted by molar-refractivity contribution is 9.10. The number of nitrogens with one attached hydrogen (secondary N) is 1. The summed E-state index contributed by atoms with van der Waals surface area (Å²) in [5.41, 5.74) is 7.79. The molecule has 0 aliphatic heterocycles. The van der Waals surface area contributed by atoms with Gasteiger partial charge < -0.3 is 15.8 Å². The van der Waals surface area contributed by atoms with Gasteiger partial charge in [-0.3, -0.25) is 4.79 Å². The first-order chi connectivity index (χ1) is 9.95. The first-order valence-electron chi connectivity index (χ1n) is 6.19. The number of nitrogens with two attached hydrogens (primary N) is 1. The fourth-order valence-electron chi connectivity index (χ4n) is 1.70. The van der Waals surface area contributed by atoms with Gasteiger partial charge in [0.2, 0.25) is 0 Å². The van der Waals surface area contributed by atoms with Crippen molar-refractivity contribution in [3.63, 3.8) is 0 Å². The van der Waals surface area contributed by atoms with Crippen LogP contribution in [-0.2, 0) is 4.79 Å². The van der Waals surface area contributed by atoms with Gasteiger partial charge in [-0.05, 0) is 58.7 Å². The van der Waals surface area contributed by atoms with Crippen LogP contribution in [0.2, 0.25) is 5.02 Å². The number of aryl methyl sites for hydroxylation is 1. The minimum Gasteiger partial charge on any atom is -0.483 e. The van der Waals surface area contributed by atoms with Gasteiger partial charge >= 0.3 is 0 Å². The number of halogens is 2. The zero-order valence-corrected chi connectivity index (χ0v) is 13.7. The number of rotatable bonds is 4. The normalized spacial score (nSPS) is 10.2. The maximum absolute atomic E-state index is 11.9. The Morgan fingerprint density at radius 1 is 1.33 bits per heavy atom. The fraction of sp³-hybridized carbons (Fsp3) is 0.133. The van der Waals surface area contributed by atoms with Crippen molar-refractivity contribution in [1.29, 1.82) is 0 Å². The van der Waals surface area contributed by atoms with E-state index in [1.807, 2.05) is 25.1 Å². The van der Waals surface area contributed by atoms with E-state index in [9.17, 15) is 4.79 Å². The van der Waals surface area contributed by atoms with E-state index in [4.69, 9.17) is 22.1 Å². The van der Waals surface area contributed by atoms with Crippen LogP contribution in [0, 0.1) is 6.92 Å². The maximum Gasteiger partial charge on any atom is 0.262 e. The average molecular weight is 370 g/mol. The minimum absolute atomic E-state index is 0.107. The van der Waals surface area contributed by atoms with Crippen LogP contribution in [0.5, 0.6) is 5.75 Å². The molecular formula is C15H14BrClN2O2. The second-order valence-corrected chi connectivity index (χ2v) is 5.79. The second kappa shape index (κ2) is 6.83. The van der Waals surface area contributed by atoms with Crippen molar-refractivity contribution in [2.45, 2.75) is 6.92 Å². The van der Waals surface area contributed by atoms with Crippen molar-refractivity contribution >= 4 is 44.8 Å². The summed E-state index contributed by atoms with van der Waals surface area (Å²) in [7, 11) is 0. The molecule has 0 aliphatic carbocycles. The number of nitrogen functional groups attached to an aromatic ring is 1. The molecule has 0 aliphatic rings. The van der Waals surface area contributed by atoms with E-state index in [0.29, 0.717) is 22.1 Å². The third kappa shape index (κ3) is 4.37. The van der Waals surface area contributed by atoms with E-state index >= 15 is 0 Å². The van der Waals surface area contributed by atoms with E-state index in [-0.39, 0.29) is 12.5 Å². The molecule has 6 heteroatoms. The molecule has 0 heterocycles. The molecule has 0 radical (unpaired) electrons. The summed E-state index contributed by atoms with van der Waals surface area (Å²) in [6.07, 6.45) is 0. The number of carbonyl (C=O) groups is 1. The zero-order chi connectivity index (χ0) is 15.4. The van der Waals surface area contributed by atoms with Gasteiger partial charge in [0.25, 0.3) is 5.91 Å². The molecule has 0 saturated heterocycles. The molecular weight excluding hydrogens is 356 g/mol. The summed E-state index contributed by atoms with van der Waals surface area (Å²) in [5, 5.41) is 3.19. The number of carbonyl (C=O) groups excluding carboxylic acids is 1. The lowest BCUT2D eigenvalue weighted by molar-refractivity contribution is -0.118. The van der Waals surface area contributed by atoms with Gasteiger partial charge in [-0.2, -0.15) is 0 Å². The van der Waals surface area contributed by atoms with Gasteiger partial charge in [-0.1, -0.05) is 17.7 Å². The Kier molecular flexibility index (Phi) is 5.09. The molecule has 0 bridgehead atoms. The molecule has 0 aromatic heterocycles. The number of hydrogen-bond donors (Lipinski definition) is 2. The molecule has 0 atom stereocenters. The van der Waals surface area contributed by atoms with Crippen molar-refractivity contribution in [3.05, 3.63) is 51.5 Å². The Morgan fingerprint density at radius 2 is 2.10 bits per heavy atom. The topological polar surface area (TPSA) is 64.3 Å². The van der Waals surface area contributed by atoms with Crippen LogP contribution in [-0.4, -0.2) is 12.5 Å². The van der Waals surface area contributed by atoms with E-state index in [1.165, 1.54) is 0 Å². The molecule has 110 valence electrons. The summed E-state index contributed by atoms with van der Waals surface area (Å²) in [6, 6.07) is 10.5. The Labute approximate surface area is 136 Å². The average Bonchev–Trinajstić information content (AvgIpc) is 2.41. The number of amides is 1. The highest BCUT2D eigenvalue weighted by atomic mass is 79.9. The lowest BCUT2D eigenvalue weighted by atomic mass is 10.2. The molecule has 0 saturated carbocycles. The fourth-order valence-corrected chi connectivity index (χ4v) is 2.49. The molecule has 0 unspecified atom stereocenters. The van der Waals surface area contributed by atoms with Crippen molar-refractivity contribution < 1.29 is 9.53 Å².